The van der Waals surface area contributed by atoms with Crippen LogP contribution < -0.4 is 5.32 Å². The fourth-order valence-corrected chi connectivity index (χ4v) is 1.27. The van der Waals surface area contributed by atoms with Crippen molar-refractivity contribution in [3.05, 3.63) is 34.1 Å². The zero-order valence-corrected chi connectivity index (χ0v) is 9.34. The maximum absolute atomic E-state index is 13.5. The highest BCUT2D eigenvalue weighted by Gasteiger charge is 2.29. The fourth-order valence-electron chi connectivity index (χ4n) is 1.27. The first kappa shape index (κ1) is 14.3. The van der Waals surface area contributed by atoms with Crippen LogP contribution in [-0.2, 0) is 0 Å². The molecule has 1 aromatic rings. The summed E-state index contributed by atoms with van der Waals surface area (Å²) in [6.07, 6.45) is 0. The third kappa shape index (κ3) is 2.92. The Balaban J connectivity index is 3.01. The summed E-state index contributed by atoms with van der Waals surface area (Å²) in [4.78, 5) is 9.67. The first-order valence-corrected chi connectivity index (χ1v) is 5.03. The monoisotopic (exact) mass is 260 g/mol. The van der Waals surface area contributed by atoms with Crippen LogP contribution in [0.3, 0.4) is 0 Å². The van der Waals surface area contributed by atoms with Gasteiger partial charge in [-0.3, -0.25) is 10.1 Å². The van der Waals surface area contributed by atoms with Gasteiger partial charge in [-0.25, -0.2) is 4.39 Å². The van der Waals surface area contributed by atoms with Gasteiger partial charge in [-0.15, -0.1) is 0 Å². The molecular weight excluding hydrogens is 247 g/mol. The quantitative estimate of drug-likeness (QED) is 0.418. The van der Waals surface area contributed by atoms with Gasteiger partial charge in [0.1, 0.15) is 5.54 Å². The van der Waals surface area contributed by atoms with Crippen molar-refractivity contribution < 1.29 is 24.6 Å². The number of aliphatic hydroxyl groups excluding tert-OH is 3. The van der Waals surface area contributed by atoms with Gasteiger partial charge in [0.25, 0.3) is 5.69 Å². The maximum atomic E-state index is 13.5. The molecule has 0 saturated heterocycles. The van der Waals surface area contributed by atoms with E-state index in [1.165, 1.54) is 0 Å². The van der Waals surface area contributed by atoms with E-state index in [9.17, 15) is 14.5 Å². The van der Waals surface area contributed by atoms with E-state index in [0.29, 0.717) is 6.07 Å². The molecule has 0 heterocycles. The van der Waals surface area contributed by atoms with Crippen molar-refractivity contribution in [1.29, 1.82) is 0 Å². The normalized spacial score (nSPS) is 11.3. The Labute approximate surface area is 102 Å². The smallest absolute Gasteiger partial charge is 0.272 e. The van der Waals surface area contributed by atoms with Crippen molar-refractivity contribution in [3.8, 4) is 0 Å². The number of aliphatic hydroxyl groups is 3. The lowest BCUT2D eigenvalue weighted by Crippen LogP contribution is -2.49. The first-order valence-electron chi connectivity index (χ1n) is 5.03. The van der Waals surface area contributed by atoms with E-state index in [4.69, 9.17) is 15.3 Å². The second-order valence-corrected chi connectivity index (χ2v) is 3.80. The van der Waals surface area contributed by atoms with Gasteiger partial charge in [-0.05, 0) is 6.07 Å². The fraction of sp³-hybridized carbons (Fsp3) is 0.400. The summed E-state index contributed by atoms with van der Waals surface area (Å²) in [6.45, 7) is -1.89. The zero-order valence-electron chi connectivity index (χ0n) is 9.34. The minimum absolute atomic E-state index is 0.155. The van der Waals surface area contributed by atoms with Gasteiger partial charge in [0.05, 0.1) is 36.5 Å². The predicted octanol–water partition coefficient (Wildman–Crippen LogP) is -0.139. The van der Waals surface area contributed by atoms with E-state index in [1.54, 1.807) is 0 Å². The Morgan fingerprint density at radius 3 is 2.22 bits per heavy atom. The van der Waals surface area contributed by atoms with Crippen molar-refractivity contribution in [2.75, 3.05) is 25.1 Å². The highest BCUT2D eigenvalue weighted by atomic mass is 19.1. The molecule has 7 nitrogen and oxygen atoms in total. The Hall–Kier alpha value is -1.77. The molecule has 0 aliphatic heterocycles. The molecule has 0 aliphatic rings. The second kappa shape index (κ2) is 5.71. The van der Waals surface area contributed by atoms with Crippen LogP contribution in [0, 0.1) is 15.9 Å². The van der Waals surface area contributed by atoms with Crippen LogP contribution >= 0.6 is 0 Å². The van der Waals surface area contributed by atoms with Crippen molar-refractivity contribution >= 4 is 11.4 Å². The van der Waals surface area contributed by atoms with Crippen molar-refractivity contribution in [3.63, 3.8) is 0 Å². The summed E-state index contributed by atoms with van der Waals surface area (Å²) < 4.78 is 13.5. The van der Waals surface area contributed by atoms with Gasteiger partial charge in [0.15, 0.2) is 5.82 Å². The molecule has 0 bridgehead atoms. The third-order valence-corrected chi connectivity index (χ3v) is 2.47. The molecule has 0 saturated carbocycles. The number of anilines is 1. The lowest BCUT2D eigenvalue weighted by molar-refractivity contribution is -0.385. The number of halogens is 1. The highest BCUT2D eigenvalue weighted by molar-refractivity contribution is 5.52. The zero-order chi connectivity index (χ0) is 13.8. The van der Waals surface area contributed by atoms with Crippen LogP contribution in [0.1, 0.15) is 0 Å². The molecule has 0 aromatic heterocycles. The van der Waals surface area contributed by atoms with Gasteiger partial charge in [0.2, 0.25) is 0 Å². The van der Waals surface area contributed by atoms with Crippen molar-refractivity contribution in [2.24, 2.45) is 0 Å². The molecule has 4 N–H and O–H groups in total. The summed E-state index contributed by atoms with van der Waals surface area (Å²) in [7, 11) is 0. The Bertz CT molecular complexity index is 428. The van der Waals surface area contributed by atoms with Gasteiger partial charge < -0.3 is 20.6 Å². The number of nitro benzene ring substituents is 1. The number of hydrogen-bond acceptors (Lipinski definition) is 6. The van der Waals surface area contributed by atoms with Crippen LogP contribution in [-0.4, -0.2) is 45.6 Å². The number of benzene rings is 1. The molecule has 8 heteroatoms. The largest absolute Gasteiger partial charge is 0.394 e. The second-order valence-electron chi connectivity index (χ2n) is 3.80. The molecule has 0 amide bonds. The van der Waals surface area contributed by atoms with E-state index >= 15 is 0 Å². The summed E-state index contributed by atoms with van der Waals surface area (Å²) in [5, 5.41) is 40.0. The van der Waals surface area contributed by atoms with Gasteiger partial charge in [-0.1, -0.05) is 0 Å². The van der Waals surface area contributed by atoms with E-state index < -0.39 is 41.8 Å². The number of hydrogen-bond donors (Lipinski definition) is 4. The van der Waals surface area contributed by atoms with Gasteiger partial charge in [-0.2, -0.15) is 0 Å². The minimum Gasteiger partial charge on any atom is -0.394 e. The lowest BCUT2D eigenvalue weighted by atomic mass is 10.0. The number of nitrogens with zero attached hydrogens (tertiary/aromatic N) is 1. The van der Waals surface area contributed by atoms with Crippen LogP contribution in [0.4, 0.5) is 15.8 Å². The third-order valence-electron chi connectivity index (χ3n) is 2.47. The topological polar surface area (TPSA) is 116 Å². The van der Waals surface area contributed by atoms with Crippen molar-refractivity contribution in [1.82, 2.24) is 0 Å². The number of nitrogens with one attached hydrogen (secondary N) is 1. The Morgan fingerprint density at radius 2 is 1.83 bits per heavy atom. The Kier molecular flexibility index (Phi) is 4.54. The summed E-state index contributed by atoms with van der Waals surface area (Å²) in [6, 6.07) is 2.88. The van der Waals surface area contributed by atoms with Crippen LogP contribution in [0.15, 0.2) is 18.2 Å². The number of rotatable bonds is 6. The molecular formula is C10H13FN2O5. The average molecular weight is 260 g/mol. The molecule has 100 valence electrons. The van der Waals surface area contributed by atoms with E-state index in [-0.39, 0.29) is 5.69 Å². The molecule has 1 aromatic carbocycles. The van der Waals surface area contributed by atoms with Gasteiger partial charge >= 0.3 is 0 Å². The molecule has 0 atom stereocenters. The molecule has 0 aliphatic carbocycles. The summed E-state index contributed by atoms with van der Waals surface area (Å²) in [5.41, 5.74) is -2.06. The number of non-ortho nitro benzene ring substituents is 1. The maximum Gasteiger partial charge on any atom is 0.272 e. The minimum atomic E-state index is -1.49. The SMILES string of the molecule is O=[N+]([O-])c1ccc(NC(CO)(CO)CO)c(F)c1. The van der Waals surface area contributed by atoms with Crippen LogP contribution in [0.25, 0.3) is 0 Å². The standard InChI is InChI=1S/C10H13FN2O5/c11-8-3-7(13(17)18)1-2-9(8)12-10(4-14,5-15)6-16/h1-3,12,14-16H,4-6H2. The number of nitro groups is 1. The van der Waals surface area contributed by atoms with E-state index in [2.05, 4.69) is 5.32 Å². The summed E-state index contributed by atoms with van der Waals surface area (Å²) in [5.74, 6) is -0.913. The van der Waals surface area contributed by atoms with Gasteiger partial charge in [0, 0.05) is 6.07 Å². The van der Waals surface area contributed by atoms with E-state index in [0.717, 1.165) is 12.1 Å². The van der Waals surface area contributed by atoms with Crippen LogP contribution in [0.2, 0.25) is 0 Å². The molecule has 0 unspecified atom stereocenters. The van der Waals surface area contributed by atoms with Crippen molar-refractivity contribution in [2.45, 2.75) is 5.54 Å². The highest BCUT2D eigenvalue weighted by Crippen LogP contribution is 2.23. The predicted molar refractivity (Wildman–Crippen MR) is 60.7 cm³/mol. The molecule has 0 fully saturated rings. The molecule has 1 rings (SSSR count). The first-order chi connectivity index (χ1) is 8.48. The summed E-state index contributed by atoms with van der Waals surface area (Å²) >= 11 is 0. The lowest BCUT2D eigenvalue weighted by Gasteiger charge is -2.29. The van der Waals surface area contributed by atoms with E-state index in [1.807, 2.05) is 0 Å². The Morgan fingerprint density at radius 1 is 1.28 bits per heavy atom. The molecule has 0 radical (unpaired) electrons. The average Bonchev–Trinajstić information content (AvgIpc) is 2.38. The molecule has 18 heavy (non-hydrogen) atoms. The van der Waals surface area contributed by atoms with Crippen LogP contribution in [0.5, 0.6) is 0 Å². The molecule has 0 spiro atoms.